The quantitative estimate of drug-likeness (QED) is 0.811. The molecule has 0 saturated carbocycles. The average Bonchev–Trinajstić information content (AvgIpc) is 2.86. The zero-order valence-corrected chi connectivity index (χ0v) is 9.31. The Hall–Kier alpha value is -0.930. The Labute approximate surface area is 93.4 Å². The monoisotopic (exact) mass is 218 g/mol. The number of benzene rings is 1. The van der Waals surface area contributed by atoms with E-state index in [0.717, 1.165) is 18.3 Å². The Morgan fingerprint density at radius 3 is 3.00 bits per heavy atom. The van der Waals surface area contributed by atoms with Gasteiger partial charge in [0.15, 0.2) is 0 Å². The van der Waals surface area contributed by atoms with E-state index in [-0.39, 0.29) is 0 Å². The summed E-state index contributed by atoms with van der Waals surface area (Å²) >= 11 is 1.96. The third-order valence-electron chi connectivity index (χ3n) is 2.81. The number of thioether (sulfide) groups is 1. The predicted octanol–water partition coefficient (Wildman–Crippen LogP) is 2.62. The van der Waals surface area contributed by atoms with E-state index < -0.39 is 0 Å². The van der Waals surface area contributed by atoms with Gasteiger partial charge < -0.3 is 10.3 Å². The number of hydrogen-bond donors (Lipinski definition) is 2. The largest absolute Gasteiger partial charge is 0.350 e. The number of fused-ring (bicyclic) bond motifs is 1. The number of hydrogen-bond acceptors (Lipinski definition) is 2. The van der Waals surface area contributed by atoms with Gasteiger partial charge in [0.1, 0.15) is 0 Å². The summed E-state index contributed by atoms with van der Waals surface area (Å²) in [5.74, 6) is 0. The lowest BCUT2D eigenvalue weighted by Gasteiger charge is -2.04. The summed E-state index contributed by atoms with van der Waals surface area (Å²) in [5, 5.41) is 6.73. The molecule has 1 aromatic heterocycles. The number of nitrogens with one attached hydrogen (secondary N) is 2. The van der Waals surface area contributed by atoms with Gasteiger partial charge in [0.2, 0.25) is 0 Å². The summed E-state index contributed by atoms with van der Waals surface area (Å²) in [7, 11) is 0. The molecule has 15 heavy (non-hydrogen) atoms. The summed E-state index contributed by atoms with van der Waals surface area (Å²) in [4.78, 5) is 3.46. The lowest BCUT2D eigenvalue weighted by Crippen LogP contribution is -2.09. The van der Waals surface area contributed by atoms with Crippen LogP contribution in [0.3, 0.4) is 0 Å². The van der Waals surface area contributed by atoms with E-state index in [1.807, 2.05) is 11.8 Å². The van der Waals surface area contributed by atoms with Gasteiger partial charge in [0, 0.05) is 22.7 Å². The summed E-state index contributed by atoms with van der Waals surface area (Å²) in [6, 6.07) is 10.7. The molecule has 1 aromatic carbocycles. The number of aromatic amines is 1. The van der Waals surface area contributed by atoms with Crippen molar-refractivity contribution >= 4 is 22.7 Å². The lowest BCUT2D eigenvalue weighted by molar-refractivity contribution is 0.858. The summed E-state index contributed by atoms with van der Waals surface area (Å²) in [6.45, 7) is 2.30. The van der Waals surface area contributed by atoms with Crippen molar-refractivity contribution in [3.05, 3.63) is 30.3 Å². The molecule has 0 spiro atoms. The standard InChI is InChI=1S/C12H14N2S/c1-2-4-11-9(3-1)7-12(14-11)15-10-5-6-13-8-10/h1-4,7,10,13-14H,5-6,8H2. The number of H-pyrrole nitrogens is 1. The molecule has 0 bridgehead atoms. The SMILES string of the molecule is c1ccc2[nH]c(SC3CCNC3)cc2c1. The van der Waals surface area contributed by atoms with Crippen molar-refractivity contribution in [3.8, 4) is 0 Å². The predicted molar refractivity (Wildman–Crippen MR) is 65.4 cm³/mol. The average molecular weight is 218 g/mol. The van der Waals surface area contributed by atoms with Crippen LogP contribution >= 0.6 is 11.8 Å². The zero-order chi connectivity index (χ0) is 10.1. The van der Waals surface area contributed by atoms with E-state index >= 15 is 0 Å². The first-order valence-electron chi connectivity index (χ1n) is 5.37. The Morgan fingerprint density at radius 1 is 1.27 bits per heavy atom. The highest BCUT2D eigenvalue weighted by molar-refractivity contribution is 7.99. The molecule has 0 radical (unpaired) electrons. The van der Waals surface area contributed by atoms with Crippen molar-refractivity contribution < 1.29 is 0 Å². The highest BCUT2D eigenvalue weighted by atomic mass is 32.2. The topological polar surface area (TPSA) is 27.8 Å². The molecule has 1 unspecified atom stereocenters. The zero-order valence-electron chi connectivity index (χ0n) is 8.49. The Balaban J connectivity index is 1.84. The van der Waals surface area contributed by atoms with Crippen molar-refractivity contribution in [2.75, 3.05) is 13.1 Å². The lowest BCUT2D eigenvalue weighted by atomic mass is 10.3. The molecule has 3 heteroatoms. The molecule has 0 aliphatic carbocycles. The van der Waals surface area contributed by atoms with Gasteiger partial charge in [-0.2, -0.15) is 0 Å². The molecular formula is C12H14N2S. The maximum absolute atomic E-state index is 3.46. The van der Waals surface area contributed by atoms with Crippen molar-refractivity contribution in [2.45, 2.75) is 16.7 Å². The minimum Gasteiger partial charge on any atom is -0.350 e. The van der Waals surface area contributed by atoms with Crippen LogP contribution in [0.2, 0.25) is 0 Å². The van der Waals surface area contributed by atoms with E-state index in [0.29, 0.717) is 0 Å². The van der Waals surface area contributed by atoms with Crippen LogP contribution in [0.4, 0.5) is 0 Å². The van der Waals surface area contributed by atoms with Crippen LogP contribution < -0.4 is 5.32 Å². The van der Waals surface area contributed by atoms with E-state index in [1.165, 1.54) is 22.3 Å². The van der Waals surface area contributed by atoms with Crippen LogP contribution in [0.15, 0.2) is 35.4 Å². The molecule has 78 valence electrons. The van der Waals surface area contributed by atoms with E-state index in [1.54, 1.807) is 0 Å². The molecule has 1 atom stereocenters. The smallest absolute Gasteiger partial charge is 0.0735 e. The van der Waals surface area contributed by atoms with Crippen LogP contribution in [-0.4, -0.2) is 23.3 Å². The van der Waals surface area contributed by atoms with Crippen LogP contribution in [0.5, 0.6) is 0 Å². The molecule has 1 aliphatic heterocycles. The number of rotatable bonds is 2. The molecule has 2 N–H and O–H groups in total. The fourth-order valence-electron chi connectivity index (χ4n) is 2.02. The Bertz CT molecular complexity index is 424. The Morgan fingerprint density at radius 2 is 2.20 bits per heavy atom. The molecule has 2 aromatic rings. The van der Waals surface area contributed by atoms with Crippen molar-refractivity contribution in [1.29, 1.82) is 0 Å². The molecule has 0 amide bonds. The number of para-hydroxylation sites is 1. The van der Waals surface area contributed by atoms with Gasteiger partial charge in [-0.25, -0.2) is 0 Å². The molecular weight excluding hydrogens is 204 g/mol. The normalized spacial score (nSPS) is 21.2. The van der Waals surface area contributed by atoms with Gasteiger partial charge in [-0.05, 0) is 25.1 Å². The molecule has 1 fully saturated rings. The van der Waals surface area contributed by atoms with Gasteiger partial charge in [0.25, 0.3) is 0 Å². The minimum absolute atomic E-state index is 0.734. The van der Waals surface area contributed by atoms with Crippen LogP contribution in [0, 0.1) is 0 Å². The van der Waals surface area contributed by atoms with Gasteiger partial charge in [0.05, 0.1) is 5.03 Å². The Kier molecular flexibility index (Phi) is 2.43. The molecule has 1 aliphatic rings. The number of aromatic nitrogens is 1. The highest BCUT2D eigenvalue weighted by Crippen LogP contribution is 2.28. The van der Waals surface area contributed by atoms with Crippen LogP contribution in [-0.2, 0) is 0 Å². The molecule has 2 heterocycles. The molecule has 2 nitrogen and oxygen atoms in total. The van der Waals surface area contributed by atoms with E-state index in [4.69, 9.17) is 0 Å². The van der Waals surface area contributed by atoms with Gasteiger partial charge >= 0.3 is 0 Å². The van der Waals surface area contributed by atoms with Gasteiger partial charge in [-0.15, -0.1) is 11.8 Å². The second kappa shape index (κ2) is 3.91. The first-order chi connectivity index (χ1) is 7.42. The highest BCUT2D eigenvalue weighted by Gasteiger charge is 2.16. The molecule has 3 rings (SSSR count). The summed E-state index contributed by atoms with van der Waals surface area (Å²) in [6.07, 6.45) is 1.28. The van der Waals surface area contributed by atoms with Gasteiger partial charge in [-0.3, -0.25) is 0 Å². The summed E-state index contributed by atoms with van der Waals surface area (Å²) in [5.41, 5.74) is 1.24. The minimum atomic E-state index is 0.734. The van der Waals surface area contributed by atoms with Crippen molar-refractivity contribution in [3.63, 3.8) is 0 Å². The fourth-order valence-corrected chi connectivity index (χ4v) is 3.18. The van der Waals surface area contributed by atoms with Gasteiger partial charge in [-0.1, -0.05) is 18.2 Å². The second-order valence-electron chi connectivity index (χ2n) is 3.95. The first-order valence-corrected chi connectivity index (χ1v) is 6.25. The first kappa shape index (κ1) is 9.31. The van der Waals surface area contributed by atoms with Crippen LogP contribution in [0.25, 0.3) is 10.9 Å². The van der Waals surface area contributed by atoms with Crippen molar-refractivity contribution in [2.24, 2.45) is 0 Å². The third-order valence-corrected chi connectivity index (χ3v) is 4.02. The molecule has 1 saturated heterocycles. The maximum atomic E-state index is 3.46. The third kappa shape index (κ3) is 1.90. The van der Waals surface area contributed by atoms with E-state index in [9.17, 15) is 0 Å². The second-order valence-corrected chi connectivity index (χ2v) is 5.30. The fraction of sp³-hybridized carbons (Fsp3) is 0.333. The van der Waals surface area contributed by atoms with Crippen molar-refractivity contribution in [1.82, 2.24) is 10.3 Å². The van der Waals surface area contributed by atoms with E-state index in [2.05, 4.69) is 40.6 Å². The summed E-state index contributed by atoms with van der Waals surface area (Å²) < 4.78 is 0. The maximum Gasteiger partial charge on any atom is 0.0735 e. The van der Waals surface area contributed by atoms with Crippen LogP contribution in [0.1, 0.15) is 6.42 Å².